The van der Waals surface area contributed by atoms with Crippen LogP contribution in [0.3, 0.4) is 0 Å². The first-order valence-corrected chi connectivity index (χ1v) is 13.9. The zero-order valence-electron chi connectivity index (χ0n) is 19.8. The molecule has 0 aliphatic carbocycles. The van der Waals surface area contributed by atoms with Crippen LogP contribution in [0.25, 0.3) is 5.76 Å². The third kappa shape index (κ3) is 5.22. The molecule has 192 valence electrons. The van der Waals surface area contributed by atoms with E-state index in [2.05, 4.69) is 26.1 Å². The lowest BCUT2D eigenvalue weighted by Crippen LogP contribution is -2.29. The van der Waals surface area contributed by atoms with Crippen molar-refractivity contribution in [2.75, 3.05) is 12.0 Å². The predicted molar refractivity (Wildman–Crippen MR) is 148 cm³/mol. The Morgan fingerprint density at radius 3 is 2.39 bits per heavy atom. The second-order valence-corrected chi connectivity index (χ2v) is 11.3. The number of rotatable bonds is 7. The molecule has 1 aliphatic rings. The van der Waals surface area contributed by atoms with Crippen LogP contribution in [0.15, 0.2) is 87.2 Å². The quantitative estimate of drug-likeness (QED) is 0.0853. The lowest BCUT2D eigenvalue weighted by molar-refractivity contribution is -0.132. The number of hydrogen-bond donors (Lipinski definition) is 1. The minimum Gasteiger partial charge on any atom is -0.507 e. The topological polar surface area (TPSA) is 92.6 Å². The SMILES string of the molecule is COc1ccc(/C(O)=C2/C(=O)C(=O)N(c3nnc(SCc4ccc(F)cc4)s3)C2c2ccc(Br)cc2)cc1. The number of carbonyl (C=O) groups is 2. The third-order valence-corrected chi connectivity index (χ3v) is 8.53. The minimum absolute atomic E-state index is 0.0433. The maximum Gasteiger partial charge on any atom is 0.301 e. The number of Topliss-reactive ketones (excluding diaryl/α,β-unsaturated/α-hetero) is 1. The molecular weight excluding hydrogens is 593 g/mol. The Labute approximate surface area is 234 Å². The summed E-state index contributed by atoms with van der Waals surface area (Å²) in [5, 5.41) is 19.9. The van der Waals surface area contributed by atoms with Crippen LogP contribution in [0.5, 0.6) is 5.75 Å². The Hall–Kier alpha value is -3.54. The van der Waals surface area contributed by atoms with Gasteiger partial charge in [0.15, 0.2) is 4.34 Å². The Morgan fingerprint density at radius 2 is 1.74 bits per heavy atom. The van der Waals surface area contributed by atoms with Crippen molar-refractivity contribution in [1.82, 2.24) is 10.2 Å². The first-order chi connectivity index (χ1) is 18.4. The number of aliphatic hydroxyl groups is 1. The molecule has 5 rings (SSSR count). The maximum atomic E-state index is 13.3. The molecular formula is C27H19BrFN3O4S2. The van der Waals surface area contributed by atoms with Crippen molar-refractivity contribution in [3.8, 4) is 5.75 Å². The van der Waals surface area contributed by atoms with Crippen molar-refractivity contribution in [3.05, 3.63) is 105 Å². The number of halogens is 2. The van der Waals surface area contributed by atoms with Gasteiger partial charge < -0.3 is 9.84 Å². The minimum atomic E-state index is -0.909. The number of carbonyl (C=O) groups excluding carboxylic acids is 2. The van der Waals surface area contributed by atoms with Crippen LogP contribution in [-0.4, -0.2) is 34.1 Å². The van der Waals surface area contributed by atoms with Crippen molar-refractivity contribution in [2.45, 2.75) is 16.1 Å². The summed E-state index contributed by atoms with van der Waals surface area (Å²) in [4.78, 5) is 27.9. The average Bonchev–Trinajstić information content (AvgIpc) is 3.50. The first-order valence-electron chi connectivity index (χ1n) is 11.3. The average molecular weight is 613 g/mol. The lowest BCUT2D eigenvalue weighted by Gasteiger charge is -2.22. The summed E-state index contributed by atoms with van der Waals surface area (Å²) in [6.45, 7) is 0. The van der Waals surface area contributed by atoms with Crippen LogP contribution in [0.1, 0.15) is 22.7 Å². The largest absolute Gasteiger partial charge is 0.507 e. The van der Waals surface area contributed by atoms with Crippen molar-refractivity contribution < 1.29 is 23.8 Å². The van der Waals surface area contributed by atoms with E-state index in [-0.39, 0.29) is 22.3 Å². The Bertz CT molecular complexity index is 1520. The molecule has 1 unspecified atom stereocenters. The summed E-state index contributed by atoms with van der Waals surface area (Å²) in [5.41, 5.74) is 1.86. The van der Waals surface area contributed by atoms with Gasteiger partial charge >= 0.3 is 5.91 Å². The normalized spacial score (nSPS) is 16.7. The van der Waals surface area contributed by atoms with Gasteiger partial charge in [0.25, 0.3) is 5.78 Å². The summed E-state index contributed by atoms with van der Waals surface area (Å²) in [5.74, 6) is -1.11. The van der Waals surface area contributed by atoms with Gasteiger partial charge in [0.1, 0.15) is 17.3 Å². The van der Waals surface area contributed by atoms with Gasteiger partial charge in [-0.3, -0.25) is 14.5 Å². The molecule has 1 saturated heterocycles. The summed E-state index contributed by atoms with van der Waals surface area (Å²) >= 11 is 5.96. The number of aliphatic hydroxyl groups excluding tert-OH is 1. The van der Waals surface area contributed by atoms with Gasteiger partial charge in [0.2, 0.25) is 5.13 Å². The number of anilines is 1. The smallest absolute Gasteiger partial charge is 0.301 e. The molecule has 1 N–H and O–H groups in total. The van der Waals surface area contributed by atoms with Gasteiger partial charge in [-0.1, -0.05) is 63.3 Å². The van der Waals surface area contributed by atoms with Gasteiger partial charge in [-0.05, 0) is 59.7 Å². The van der Waals surface area contributed by atoms with E-state index in [1.54, 1.807) is 60.7 Å². The highest BCUT2D eigenvalue weighted by Gasteiger charge is 2.48. The third-order valence-electron chi connectivity index (χ3n) is 5.87. The van der Waals surface area contributed by atoms with E-state index < -0.39 is 17.7 Å². The maximum absolute atomic E-state index is 13.3. The van der Waals surface area contributed by atoms with Crippen LogP contribution >= 0.6 is 39.0 Å². The fourth-order valence-corrected chi connectivity index (χ4v) is 6.07. The number of aromatic nitrogens is 2. The number of methoxy groups -OCH3 is 1. The summed E-state index contributed by atoms with van der Waals surface area (Å²) in [6.07, 6.45) is 0. The molecule has 4 aromatic rings. The molecule has 1 aromatic heterocycles. The highest BCUT2D eigenvalue weighted by molar-refractivity contribution is 9.10. The second kappa shape index (κ2) is 11.1. The summed E-state index contributed by atoms with van der Waals surface area (Å²) in [7, 11) is 1.53. The van der Waals surface area contributed by atoms with Crippen LogP contribution < -0.4 is 9.64 Å². The number of nitrogens with zero attached hydrogens (tertiary/aromatic N) is 3. The molecule has 0 bridgehead atoms. The zero-order valence-corrected chi connectivity index (χ0v) is 23.0. The van der Waals surface area contributed by atoms with E-state index in [1.807, 2.05) is 0 Å². The standard InChI is InChI=1S/C27H19BrFN3O4S2/c1-36-20-12-6-17(7-13-20)23(33)21-22(16-4-8-18(28)9-5-16)32(25(35)24(21)34)26-30-31-27(38-26)37-14-15-2-10-19(29)11-3-15/h2-13,22,33H,14H2,1H3/b23-21-. The van der Waals surface area contributed by atoms with Crippen LogP contribution in [0.4, 0.5) is 9.52 Å². The summed E-state index contributed by atoms with van der Waals surface area (Å²) in [6, 6.07) is 19.0. The summed E-state index contributed by atoms with van der Waals surface area (Å²) < 4.78 is 19.8. The number of benzene rings is 3. The number of hydrogen-bond acceptors (Lipinski definition) is 8. The zero-order chi connectivity index (χ0) is 26.8. The van der Waals surface area contributed by atoms with Crippen molar-refractivity contribution in [1.29, 1.82) is 0 Å². The number of thioether (sulfide) groups is 1. The van der Waals surface area contributed by atoms with E-state index in [0.717, 1.165) is 21.4 Å². The molecule has 2 heterocycles. The lowest BCUT2D eigenvalue weighted by atomic mass is 9.95. The van der Waals surface area contributed by atoms with Gasteiger partial charge in [0, 0.05) is 15.8 Å². The van der Waals surface area contributed by atoms with Gasteiger partial charge in [-0.15, -0.1) is 10.2 Å². The molecule has 0 saturated carbocycles. The molecule has 1 atom stereocenters. The molecule has 1 amide bonds. The van der Waals surface area contributed by atoms with Crippen LogP contribution in [0.2, 0.25) is 0 Å². The predicted octanol–water partition coefficient (Wildman–Crippen LogP) is 6.37. The van der Waals surface area contributed by atoms with E-state index in [9.17, 15) is 19.1 Å². The molecule has 38 heavy (non-hydrogen) atoms. The van der Waals surface area contributed by atoms with E-state index in [0.29, 0.717) is 27.0 Å². The first kappa shape index (κ1) is 26.1. The van der Waals surface area contributed by atoms with Crippen LogP contribution in [0, 0.1) is 5.82 Å². The van der Waals surface area contributed by atoms with Gasteiger partial charge in [-0.25, -0.2) is 4.39 Å². The number of amides is 1. The highest BCUT2D eigenvalue weighted by Crippen LogP contribution is 2.44. The molecule has 0 radical (unpaired) electrons. The Morgan fingerprint density at radius 1 is 1.05 bits per heavy atom. The Kier molecular flexibility index (Phi) is 7.59. The van der Waals surface area contributed by atoms with E-state index >= 15 is 0 Å². The van der Waals surface area contributed by atoms with Crippen molar-refractivity contribution in [3.63, 3.8) is 0 Å². The van der Waals surface area contributed by atoms with Gasteiger partial charge in [0.05, 0.1) is 18.7 Å². The monoisotopic (exact) mass is 611 g/mol. The fraction of sp³-hybridized carbons (Fsp3) is 0.111. The molecule has 0 spiro atoms. The van der Waals surface area contributed by atoms with Crippen molar-refractivity contribution >= 4 is 61.6 Å². The molecule has 7 nitrogen and oxygen atoms in total. The molecule has 11 heteroatoms. The van der Waals surface area contributed by atoms with E-state index in [1.165, 1.54) is 35.9 Å². The van der Waals surface area contributed by atoms with E-state index in [4.69, 9.17) is 4.74 Å². The molecule has 1 aliphatic heterocycles. The highest BCUT2D eigenvalue weighted by atomic mass is 79.9. The Balaban J connectivity index is 1.52. The number of ether oxygens (including phenoxy) is 1. The second-order valence-electron chi connectivity index (χ2n) is 8.21. The van der Waals surface area contributed by atoms with Crippen LogP contribution in [-0.2, 0) is 15.3 Å². The fourth-order valence-electron chi connectivity index (χ4n) is 3.98. The number of ketones is 1. The van der Waals surface area contributed by atoms with Crippen molar-refractivity contribution in [2.24, 2.45) is 0 Å². The molecule has 1 fully saturated rings. The van der Waals surface area contributed by atoms with Gasteiger partial charge in [-0.2, -0.15) is 0 Å². The molecule has 3 aromatic carbocycles.